The SMILES string of the molecule is C=C(c1ccccc1)c1ccccc1N(Cc1ccc(OC)cc1)C(=O)Cl. The van der Waals surface area contributed by atoms with E-state index in [1.807, 2.05) is 78.9 Å². The van der Waals surface area contributed by atoms with Crippen molar-refractivity contribution >= 4 is 28.2 Å². The first-order valence-electron chi connectivity index (χ1n) is 8.54. The molecule has 4 heteroatoms. The predicted octanol–water partition coefficient (Wildman–Crippen LogP) is 6.12. The molecule has 3 rings (SSSR count). The minimum absolute atomic E-state index is 0.353. The molecule has 3 aromatic carbocycles. The summed E-state index contributed by atoms with van der Waals surface area (Å²) in [6.07, 6.45) is 0. The van der Waals surface area contributed by atoms with Crippen LogP contribution in [0.2, 0.25) is 0 Å². The molecule has 0 bridgehead atoms. The third kappa shape index (κ3) is 4.39. The van der Waals surface area contributed by atoms with Crippen LogP contribution in [0.15, 0.2) is 85.4 Å². The number of anilines is 1. The van der Waals surface area contributed by atoms with Crippen LogP contribution in [0.1, 0.15) is 16.7 Å². The Balaban J connectivity index is 1.96. The minimum atomic E-state index is -0.542. The number of amides is 1. The summed E-state index contributed by atoms with van der Waals surface area (Å²) in [5.74, 6) is 0.764. The number of ether oxygens (including phenoxy) is 1. The summed E-state index contributed by atoms with van der Waals surface area (Å²) in [6, 6.07) is 25.1. The first-order chi connectivity index (χ1) is 13.1. The smallest absolute Gasteiger partial charge is 0.321 e. The van der Waals surface area contributed by atoms with E-state index < -0.39 is 5.37 Å². The molecule has 0 atom stereocenters. The van der Waals surface area contributed by atoms with Gasteiger partial charge < -0.3 is 4.74 Å². The first-order valence-corrected chi connectivity index (χ1v) is 8.91. The van der Waals surface area contributed by atoms with Crippen molar-refractivity contribution in [1.82, 2.24) is 0 Å². The van der Waals surface area contributed by atoms with Crippen LogP contribution >= 0.6 is 11.6 Å². The molecule has 0 aliphatic heterocycles. The van der Waals surface area contributed by atoms with Crippen LogP contribution in [0, 0.1) is 0 Å². The molecule has 136 valence electrons. The number of para-hydroxylation sites is 1. The number of methoxy groups -OCH3 is 1. The zero-order valence-corrected chi connectivity index (χ0v) is 15.8. The van der Waals surface area contributed by atoms with Gasteiger partial charge in [0.1, 0.15) is 5.75 Å². The zero-order chi connectivity index (χ0) is 19.2. The summed E-state index contributed by atoms with van der Waals surface area (Å²) < 4.78 is 5.19. The van der Waals surface area contributed by atoms with Crippen molar-refractivity contribution < 1.29 is 9.53 Å². The van der Waals surface area contributed by atoms with Gasteiger partial charge in [0.15, 0.2) is 0 Å². The van der Waals surface area contributed by atoms with E-state index in [1.165, 1.54) is 0 Å². The van der Waals surface area contributed by atoms with Gasteiger partial charge in [0, 0.05) is 5.56 Å². The second kappa shape index (κ2) is 8.56. The van der Waals surface area contributed by atoms with Crippen molar-refractivity contribution in [2.24, 2.45) is 0 Å². The third-order valence-electron chi connectivity index (χ3n) is 4.35. The molecule has 0 heterocycles. The Morgan fingerprint density at radius 3 is 2.22 bits per heavy atom. The molecule has 0 unspecified atom stereocenters. The van der Waals surface area contributed by atoms with Crippen LogP contribution in [0.3, 0.4) is 0 Å². The molecule has 3 aromatic rings. The first kappa shape index (κ1) is 18.7. The molecule has 3 nitrogen and oxygen atoms in total. The van der Waals surface area contributed by atoms with Gasteiger partial charge in [0.25, 0.3) is 0 Å². The second-order valence-corrected chi connectivity index (χ2v) is 6.37. The van der Waals surface area contributed by atoms with E-state index in [4.69, 9.17) is 16.3 Å². The molecular weight excluding hydrogens is 358 g/mol. The number of rotatable bonds is 6. The van der Waals surface area contributed by atoms with Crippen LogP contribution in [-0.4, -0.2) is 12.5 Å². The molecular formula is C23H20ClNO2. The van der Waals surface area contributed by atoms with Gasteiger partial charge in [-0.3, -0.25) is 9.69 Å². The van der Waals surface area contributed by atoms with E-state index in [1.54, 1.807) is 12.0 Å². The summed E-state index contributed by atoms with van der Waals surface area (Å²) in [5, 5.41) is -0.542. The molecule has 0 radical (unpaired) electrons. The van der Waals surface area contributed by atoms with Gasteiger partial charge in [0.05, 0.1) is 19.3 Å². The lowest BCUT2D eigenvalue weighted by atomic mass is 9.97. The van der Waals surface area contributed by atoms with Gasteiger partial charge in [-0.15, -0.1) is 0 Å². The Morgan fingerprint density at radius 2 is 1.59 bits per heavy atom. The molecule has 0 saturated carbocycles. The van der Waals surface area contributed by atoms with Crippen molar-refractivity contribution in [3.05, 3.63) is 102 Å². The Hall–Kier alpha value is -3.04. The quantitative estimate of drug-likeness (QED) is 0.382. The lowest BCUT2D eigenvalue weighted by Crippen LogP contribution is -2.26. The third-order valence-corrected chi connectivity index (χ3v) is 4.56. The Morgan fingerprint density at radius 1 is 0.963 bits per heavy atom. The van der Waals surface area contributed by atoms with Crippen LogP contribution < -0.4 is 9.64 Å². The van der Waals surface area contributed by atoms with Gasteiger partial charge in [0.2, 0.25) is 0 Å². The topological polar surface area (TPSA) is 29.5 Å². The average molecular weight is 378 g/mol. The second-order valence-electron chi connectivity index (χ2n) is 6.05. The fourth-order valence-electron chi connectivity index (χ4n) is 2.91. The van der Waals surface area contributed by atoms with Gasteiger partial charge in [-0.05, 0) is 46.5 Å². The summed E-state index contributed by atoms with van der Waals surface area (Å²) >= 11 is 5.94. The minimum Gasteiger partial charge on any atom is -0.497 e. The molecule has 0 aliphatic carbocycles. The van der Waals surface area contributed by atoms with E-state index >= 15 is 0 Å². The van der Waals surface area contributed by atoms with Crippen LogP contribution in [-0.2, 0) is 6.54 Å². The van der Waals surface area contributed by atoms with E-state index in [0.29, 0.717) is 6.54 Å². The monoisotopic (exact) mass is 377 g/mol. The largest absolute Gasteiger partial charge is 0.497 e. The zero-order valence-electron chi connectivity index (χ0n) is 15.1. The average Bonchev–Trinajstić information content (AvgIpc) is 2.72. The van der Waals surface area contributed by atoms with Crippen LogP contribution in [0.25, 0.3) is 5.57 Å². The molecule has 0 saturated heterocycles. The molecule has 1 amide bonds. The number of hydrogen-bond acceptors (Lipinski definition) is 2. The highest BCUT2D eigenvalue weighted by Gasteiger charge is 2.19. The summed E-state index contributed by atoms with van der Waals surface area (Å²) in [4.78, 5) is 13.8. The molecule has 0 N–H and O–H groups in total. The van der Waals surface area contributed by atoms with Gasteiger partial charge in [-0.1, -0.05) is 67.2 Å². The van der Waals surface area contributed by atoms with E-state index in [9.17, 15) is 4.79 Å². The number of carbonyl (C=O) groups excluding carboxylic acids is 1. The molecule has 0 aliphatic rings. The Kier molecular flexibility index (Phi) is 5.94. The van der Waals surface area contributed by atoms with E-state index in [-0.39, 0.29) is 0 Å². The predicted molar refractivity (Wildman–Crippen MR) is 111 cm³/mol. The van der Waals surface area contributed by atoms with Gasteiger partial charge in [-0.25, -0.2) is 0 Å². The summed E-state index contributed by atoms with van der Waals surface area (Å²) in [5.41, 5.74) is 4.37. The van der Waals surface area contributed by atoms with Crippen molar-refractivity contribution in [3.8, 4) is 5.75 Å². The fraction of sp³-hybridized carbons (Fsp3) is 0.0870. The van der Waals surface area contributed by atoms with E-state index in [0.717, 1.165) is 33.7 Å². The Labute approximate surface area is 164 Å². The number of hydrogen-bond donors (Lipinski definition) is 0. The van der Waals surface area contributed by atoms with Crippen molar-refractivity contribution in [3.63, 3.8) is 0 Å². The van der Waals surface area contributed by atoms with Crippen molar-refractivity contribution in [2.75, 3.05) is 12.0 Å². The normalized spacial score (nSPS) is 10.3. The fourth-order valence-corrected chi connectivity index (χ4v) is 3.07. The summed E-state index contributed by atoms with van der Waals surface area (Å²) in [7, 11) is 1.62. The maximum Gasteiger partial charge on any atom is 0.321 e. The standard InChI is InChI=1S/C23H20ClNO2/c1-17(19-8-4-3-5-9-19)21-10-6-7-11-22(21)25(23(24)26)16-18-12-14-20(27-2)15-13-18/h3-15H,1,16H2,2H3. The Bertz CT molecular complexity index is 936. The lowest BCUT2D eigenvalue weighted by molar-refractivity contribution is 0.264. The highest BCUT2D eigenvalue weighted by atomic mass is 35.5. The summed E-state index contributed by atoms with van der Waals surface area (Å²) in [6.45, 7) is 4.58. The van der Waals surface area contributed by atoms with E-state index in [2.05, 4.69) is 6.58 Å². The number of benzene rings is 3. The maximum atomic E-state index is 12.2. The molecule has 0 aromatic heterocycles. The van der Waals surface area contributed by atoms with Crippen molar-refractivity contribution in [2.45, 2.75) is 6.54 Å². The maximum absolute atomic E-state index is 12.2. The number of halogens is 1. The highest BCUT2D eigenvalue weighted by molar-refractivity contribution is 6.66. The molecule has 27 heavy (non-hydrogen) atoms. The lowest BCUT2D eigenvalue weighted by Gasteiger charge is -2.24. The van der Waals surface area contributed by atoms with Crippen LogP contribution in [0.4, 0.5) is 10.5 Å². The van der Waals surface area contributed by atoms with Gasteiger partial charge >= 0.3 is 5.37 Å². The van der Waals surface area contributed by atoms with Crippen LogP contribution in [0.5, 0.6) is 5.75 Å². The highest BCUT2D eigenvalue weighted by Crippen LogP contribution is 2.32. The van der Waals surface area contributed by atoms with Crippen molar-refractivity contribution in [1.29, 1.82) is 0 Å². The molecule has 0 fully saturated rings. The number of nitrogens with zero attached hydrogens (tertiary/aromatic N) is 1. The van der Waals surface area contributed by atoms with Gasteiger partial charge in [-0.2, -0.15) is 0 Å². The molecule has 0 spiro atoms. The number of carbonyl (C=O) groups is 1.